The molecule has 0 amide bonds. The lowest BCUT2D eigenvalue weighted by atomic mass is 9.79. The Morgan fingerprint density at radius 2 is 1.44 bits per heavy atom. The number of β-amino-alcohol motifs (C(OH)–C–C–N with tert-alkyl or cyclic N) is 1. The van der Waals surface area contributed by atoms with Crippen molar-refractivity contribution in [2.45, 2.75) is 45.4 Å². The lowest BCUT2D eigenvalue weighted by Crippen LogP contribution is -2.46. The summed E-state index contributed by atoms with van der Waals surface area (Å²) >= 11 is 0. The molecule has 138 valence electrons. The molecule has 2 aliphatic heterocycles. The van der Waals surface area contributed by atoms with E-state index in [1.54, 1.807) is 0 Å². The summed E-state index contributed by atoms with van der Waals surface area (Å²) in [7, 11) is -0.291. The molecule has 2 heterocycles. The van der Waals surface area contributed by atoms with E-state index in [1.165, 1.54) is 5.56 Å². The van der Waals surface area contributed by atoms with E-state index in [9.17, 15) is 0 Å². The Labute approximate surface area is 152 Å². The number of rotatable bonds is 5. The third kappa shape index (κ3) is 4.26. The summed E-state index contributed by atoms with van der Waals surface area (Å²) in [5, 5.41) is 9.02. The minimum atomic E-state index is -0.301. The van der Waals surface area contributed by atoms with Gasteiger partial charge in [-0.1, -0.05) is 24.3 Å². The van der Waals surface area contributed by atoms with Gasteiger partial charge in [0, 0.05) is 39.3 Å². The van der Waals surface area contributed by atoms with Crippen LogP contribution in [0, 0.1) is 0 Å². The Morgan fingerprint density at radius 1 is 0.920 bits per heavy atom. The second-order valence-corrected chi connectivity index (χ2v) is 8.17. The molecule has 0 aromatic heterocycles. The minimum Gasteiger partial charge on any atom is -0.399 e. The lowest BCUT2D eigenvalue weighted by molar-refractivity contribution is 0.00578. The summed E-state index contributed by atoms with van der Waals surface area (Å²) in [6, 6.07) is 8.61. The Balaban J connectivity index is 1.55. The van der Waals surface area contributed by atoms with Crippen LogP contribution >= 0.6 is 0 Å². The van der Waals surface area contributed by atoms with E-state index < -0.39 is 0 Å². The van der Waals surface area contributed by atoms with E-state index in [-0.39, 0.29) is 24.9 Å². The second-order valence-electron chi connectivity index (χ2n) is 8.17. The Hall–Kier alpha value is -0.915. The highest BCUT2D eigenvalue weighted by atomic mass is 16.7. The molecule has 0 bridgehead atoms. The van der Waals surface area contributed by atoms with Crippen molar-refractivity contribution < 1.29 is 14.4 Å². The van der Waals surface area contributed by atoms with Gasteiger partial charge in [-0.2, -0.15) is 0 Å². The molecule has 6 heteroatoms. The fourth-order valence-corrected chi connectivity index (χ4v) is 3.33. The maximum absolute atomic E-state index is 9.02. The monoisotopic (exact) mass is 346 g/mol. The fourth-order valence-electron chi connectivity index (χ4n) is 3.33. The van der Waals surface area contributed by atoms with E-state index in [4.69, 9.17) is 14.4 Å². The summed E-state index contributed by atoms with van der Waals surface area (Å²) in [4.78, 5) is 4.79. The first kappa shape index (κ1) is 18.9. The Bertz CT molecular complexity index is 553. The van der Waals surface area contributed by atoms with Crippen LogP contribution in [0.15, 0.2) is 24.3 Å². The molecule has 1 aromatic rings. The zero-order chi connectivity index (χ0) is 18.1. The summed E-state index contributed by atoms with van der Waals surface area (Å²) < 4.78 is 12.2. The molecule has 25 heavy (non-hydrogen) atoms. The molecule has 3 rings (SSSR count). The SMILES string of the molecule is CC1(C)OB(c2ccc(CN3CCN(CCO)CC3)cc2)OC1(C)C. The summed E-state index contributed by atoms with van der Waals surface area (Å²) in [5.74, 6) is 0. The van der Waals surface area contributed by atoms with Gasteiger partial charge in [-0.3, -0.25) is 9.80 Å². The molecule has 0 aliphatic carbocycles. The third-order valence-electron chi connectivity index (χ3n) is 5.79. The van der Waals surface area contributed by atoms with Crippen LogP contribution in [0.5, 0.6) is 0 Å². The minimum absolute atomic E-state index is 0.250. The summed E-state index contributed by atoms with van der Waals surface area (Å²) in [5.41, 5.74) is 1.79. The van der Waals surface area contributed by atoms with Crippen LogP contribution in [-0.4, -0.2) is 72.6 Å². The van der Waals surface area contributed by atoms with Crippen LogP contribution in [0.4, 0.5) is 0 Å². The van der Waals surface area contributed by atoms with Crippen LogP contribution in [-0.2, 0) is 15.9 Å². The number of piperazine rings is 1. The van der Waals surface area contributed by atoms with Crippen molar-refractivity contribution in [1.82, 2.24) is 9.80 Å². The molecule has 0 unspecified atom stereocenters. The van der Waals surface area contributed by atoms with Crippen LogP contribution < -0.4 is 5.46 Å². The van der Waals surface area contributed by atoms with Gasteiger partial charge >= 0.3 is 7.12 Å². The fraction of sp³-hybridized carbons (Fsp3) is 0.684. The molecule has 2 saturated heterocycles. The molecule has 5 nitrogen and oxygen atoms in total. The predicted octanol–water partition coefficient (Wildman–Crippen LogP) is 1.10. The van der Waals surface area contributed by atoms with E-state index in [0.717, 1.165) is 44.7 Å². The molecule has 1 N–H and O–H groups in total. The molecule has 0 radical (unpaired) electrons. The standard InChI is InChI=1S/C19H31BN2O3/c1-18(2)19(3,4)25-20(24-18)17-7-5-16(6-8-17)15-22-11-9-21(10-12-22)13-14-23/h5-8,23H,9-15H2,1-4H3. The van der Waals surface area contributed by atoms with Crippen molar-refractivity contribution >= 4 is 12.6 Å². The van der Waals surface area contributed by atoms with Crippen molar-refractivity contribution in [2.75, 3.05) is 39.3 Å². The van der Waals surface area contributed by atoms with E-state index in [2.05, 4.69) is 61.8 Å². The van der Waals surface area contributed by atoms with Crippen LogP contribution in [0.3, 0.4) is 0 Å². The highest BCUT2D eigenvalue weighted by Gasteiger charge is 2.51. The van der Waals surface area contributed by atoms with Crippen molar-refractivity contribution in [2.24, 2.45) is 0 Å². The van der Waals surface area contributed by atoms with Gasteiger partial charge in [0.05, 0.1) is 17.8 Å². The molecule has 0 spiro atoms. The zero-order valence-electron chi connectivity index (χ0n) is 16.0. The molecule has 1 aromatic carbocycles. The van der Waals surface area contributed by atoms with Gasteiger partial charge < -0.3 is 14.4 Å². The first-order valence-corrected chi connectivity index (χ1v) is 9.31. The van der Waals surface area contributed by atoms with Crippen LogP contribution in [0.2, 0.25) is 0 Å². The molecule has 2 aliphatic rings. The number of aliphatic hydroxyl groups is 1. The predicted molar refractivity (Wildman–Crippen MR) is 101 cm³/mol. The van der Waals surface area contributed by atoms with Crippen LogP contribution in [0.1, 0.15) is 33.3 Å². The highest BCUT2D eigenvalue weighted by Crippen LogP contribution is 2.36. The molecular formula is C19H31BN2O3. The van der Waals surface area contributed by atoms with Gasteiger partial charge in [-0.25, -0.2) is 0 Å². The summed E-state index contributed by atoms with van der Waals surface area (Å²) in [6.45, 7) is 14.5. The largest absolute Gasteiger partial charge is 0.494 e. The second kappa shape index (κ2) is 7.37. The van der Waals surface area contributed by atoms with Gasteiger partial charge in [0.25, 0.3) is 0 Å². The van der Waals surface area contributed by atoms with Crippen molar-refractivity contribution in [3.63, 3.8) is 0 Å². The van der Waals surface area contributed by atoms with E-state index in [1.807, 2.05) is 0 Å². The first-order valence-electron chi connectivity index (χ1n) is 9.31. The quantitative estimate of drug-likeness (QED) is 0.809. The zero-order valence-corrected chi connectivity index (χ0v) is 16.0. The van der Waals surface area contributed by atoms with Gasteiger partial charge in [0.1, 0.15) is 0 Å². The van der Waals surface area contributed by atoms with Crippen molar-refractivity contribution in [3.8, 4) is 0 Å². The van der Waals surface area contributed by atoms with Gasteiger partial charge in [0.2, 0.25) is 0 Å². The van der Waals surface area contributed by atoms with E-state index >= 15 is 0 Å². The van der Waals surface area contributed by atoms with Gasteiger partial charge in [0.15, 0.2) is 0 Å². The third-order valence-corrected chi connectivity index (χ3v) is 5.79. The number of aliphatic hydroxyl groups excluding tert-OH is 1. The number of hydrogen-bond donors (Lipinski definition) is 1. The maximum Gasteiger partial charge on any atom is 0.494 e. The molecule has 0 atom stereocenters. The van der Waals surface area contributed by atoms with Crippen LogP contribution in [0.25, 0.3) is 0 Å². The Kier molecular flexibility index (Phi) is 5.56. The topological polar surface area (TPSA) is 45.2 Å². The van der Waals surface area contributed by atoms with Crippen molar-refractivity contribution in [1.29, 1.82) is 0 Å². The average Bonchev–Trinajstić information content (AvgIpc) is 2.78. The summed E-state index contributed by atoms with van der Waals surface area (Å²) in [6.07, 6.45) is 0. The van der Waals surface area contributed by atoms with E-state index in [0.29, 0.717) is 0 Å². The van der Waals surface area contributed by atoms with Gasteiger partial charge in [-0.15, -0.1) is 0 Å². The number of nitrogens with zero attached hydrogens (tertiary/aromatic N) is 2. The number of benzene rings is 1. The average molecular weight is 346 g/mol. The lowest BCUT2D eigenvalue weighted by Gasteiger charge is -2.34. The Morgan fingerprint density at radius 3 is 1.96 bits per heavy atom. The molecule has 0 saturated carbocycles. The maximum atomic E-state index is 9.02. The smallest absolute Gasteiger partial charge is 0.399 e. The molecular weight excluding hydrogens is 315 g/mol. The first-order chi connectivity index (χ1) is 11.8. The number of hydrogen-bond acceptors (Lipinski definition) is 5. The normalized spacial score (nSPS) is 24.0. The van der Waals surface area contributed by atoms with Crippen molar-refractivity contribution in [3.05, 3.63) is 29.8 Å². The van der Waals surface area contributed by atoms with Gasteiger partial charge in [-0.05, 0) is 38.7 Å². The highest BCUT2D eigenvalue weighted by molar-refractivity contribution is 6.62. The molecule has 2 fully saturated rings.